The molecule has 0 spiro atoms. The highest BCUT2D eigenvalue weighted by atomic mass is 32.2. The SMILES string of the molecule is CN=S(=O)(N[C@@H]1COCC[C@@H](N2c3ccccc3Oc3ccccc32)[C@H]1O)c1ccc(OC(F)(F)F)cc1. The lowest BCUT2D eigenvalue weighted by atomic mass is 9.98. The molecule has 1 saturated heterocycles. The zero-order chi connectivity index (χ0) is 26.9. The molecule has 0 aromatic heterocycles. The average Bonchev–Trinajstić information content (AvgIpc) is 3.07. The predicted molar refractivity (Wildman–Crippen MR) is 135 cm³/mol. The molecule has 2 aliphatic heterocycles. The summed E-state index contributed by atoms with van der Waals surface area (Å²) in [6.07, 6.45) is -5.44. The van der Waals surface area contributed by atoms with Gasteiger partial charge in [0, 0.05) is 13.7 Å². The summed E-state index contributed by atoms with van der Waals surface area (Å²) in [5.41, 5.74) is 1.55. The Morgan fingerprint density at radius 1 is 1.03 bits per heavy atom. The third-order valence-electron chi connectivity index (χ3n) is 6.41. The maximum absolute atomic E-state index is 13.8. The molecule has 2 aliphatic rings. The summed E-state index contributed by atoms with van der Waals surface area (Å²) < 4.78 is 74.2. The van der Waals surface area contributed by atoms with Gasteiger partial charge in [-0.15, -0.1) is 13.2 Å². The highest BCUT2D eigenvalue weighted by Crippen LogP contribution is 2.48. The highest BCUT2D eigenvalue weighted by Gasteiger charge is 2.40. The standard InChI is InChI=1S/C26H26F3N3O5S/c1-30-38(34,18-12-10-17(11-13-18)37-26(27,28)29)31-19-16-35-15-14-22(25(19)33)32-20-6-2-4-8-23(20)36-24-9-5-3-7-21(24)32/h2-13,19,22,25,33H,14-16H2,1H3,(H,30,31,34)/t19-,22-,25+,38?/m1/s1. The first-order valence-corrected chi connectivity index (χ1v) is 13.4. The molecule has 0 saturated carbocycles. The monoisotopic (exact) mass is 549 g/mol. The molecule has 0 aliphatic carbocycles. The van der Waals surface area contributed by atoms with Crippen molar-refractivity contribution in [1.82, 2.24) is 4.72 Å². The molecule has 3 aromatic carbocycles. The van der Waals surface area contributed by atoms with Gasteiger partial charge in [0.15, 0.2) is 11.5 Å². The van der Waals surface area contributed by atoms with Crippen molar-refractivity contribution in [2.24, 2.45) is 4.36 Å². The lowest BCUT2D eigenvalue weighted by Crippen LogP contribution is -2.54. The Balaban J connectivity index is 1.45. The van der Waals surface area contributed by atoms with Gasteiger partial charge in [-0.1, -0.05) is 24.3 Å². The number of aliphatic hydroxyl groups is 1. The maximum atomic E-state index is 13.8. The fraction of sp³-hybridized carbons (Fsp3) is 0.308. The van der Waals surface area contributed by atoms with Gasteiger partial charge in [0.05, 0.1) is 41.1 Å². The number of hydrogen-bond acceptors (Lipinski definition) is 7. The van der Waals surface area contributed by atoms with Crippen LogP contribution in [0.5, 0.6) is 17.2 Å². The molecule has 0 radical (unpaired) electrons. The zero-order valence-electron chi connectivity index (χ0n) is 20.3. The number of alkyl halides is 3. The number of hydrogen-bond donors (Lipinski definition) is 2. The van der Waals surface area contributed by atoms with Crippen LogP contribution in [0.2, 0.25) is 0 Å². The van der Waals surface area contributed by atoms with E-state index in [1.165, 1.54) is 19.2 Å². The number of aliphatic hydroxyl groups excluding tert-OH is 1. The van der Waals surface area contributed by atoms with Crippen molar-refractivity contribution in [2.45, 2.75) is 35.9 Å². The van der Waals surface area contributed by atoms with Gasteiger partial charge in [-0.25, -0.2) is 13.3 Å². The largest absolute Gasteiger partial charge is 0.573 e. The van der Waals surface area contributed by atoms with E-state index in [0.29, 0.717) is 24.5 Å². The topological polar surface area (TPSA) is 92.6 Å². The fourth-order valence-electron chi connectivity index (χ4n) is 4.69. The van der Waals surface area contributed by atoms with Crippen LogP contribution < -0.4 is 19.1 Å². The van der Waals surface area contributed by atoms with Crippen LogP contribution in [0.25, 0.3) is 0 Å². The second-order valence-electron chi connectivity index (χ2n) is 8.78. The third kappa shape index (κ3) is 5.30. The molecule has 8 nitrogen and oxygen atoms in total. The van der Waals surface area contributed by atoms with Crippen molar-refractivity contribution in [3.8, 4) is 17.2 Å². The molecule has 5 rings (SSSR count). The van der Waals surface area contributed by atoms with Crippen molar-refractivity contribution < 1.29 is 36.7 Å². The number of halogens is 3. The summed E-state index contributed by atoms with van der Waals surface area (Å²) >= 11 is 0. The maximum Gasteiger partial charge on any atom is 0.573 e. The first-order valence-electron chi connectivity index (χ1n) is 11.9. The minimum atomic E-state index is -4.84. The van der Waals surface area contributed by atoms with Crippen LogP contribution in [-0.4, -0.2) is 54.1 Å². The molecule has 4 atom stereocenters. The summed E-state index contributed by atoms with van der Waals surface area (Å²) in [7, 11) is -2.00. The Hall–Kier alpha value is -3.32. The second kappa shape index (κ2) is 10.4. The first kappa shape index (κ1) is 26.3. The third-order valence-corrected chi connectivity index (χ3v) is 8.46. The Labute approximate surface area is 218 Å². The van der Waals surface area contributed by atoms with E-state index in [1.54, 1.807) is 0 Å². The van der Waals surface area contributed by atoms with E-state index in [4.69, 9.17) is 9.47 Å². The summed E-state index contributed by atoms with van der Waals surface area (Å²) in [5, 5.41) is 11.7. The molecule has 38 heavy (non-hydrogen) atoms. The zero-order valence-corrected chi connectivity index (χ0v) is 21.1. The molecule has 3 aromatic rings. The van der Waals surface area contributed by atoms with Gasteiger partial charge in [-0.2, -0.15) is 0 Å². The minimum Gasteiger partial charge on any atom is -0.453 e. The minimum absolute atomic E-state index is 0.0487. The number of ether oxygens (including phenoxy) is 3. The molecular weight excluding hydrogens is 523 g/mol. The van der Waals surface area contributed by atoms with Crippen molar-refractivity contribution in [2.75, 3.05) is 25.2 Å². The highest BCUT2D eigenvalue weighted by molar-refractivity contribution is 7.91. The number of nitrogens with one attached hydrogen (secondary N) is 1. The molecule has 1 fully saturated rings. The van der Waals surface area contributed by atoms with E-state index < -0.39 is 40.2 Å². The van der Waals surface area contributed by atoms with E-state index in [0.717, 1.165) is 23.5 Å². The van der Waals surface area contributed by atoms with Crippen LogP contribution in [0, 0.1) is 0 Å². The van der Waals surface area contributed by atoms with E-state index >= 15 is 0 Å². The summed E-state index contributed by atoms with van der Waals surface area (Å²) in [6, 6.07) is 18.3. The van der Waals surface area contributed by atoms with Crippen LogP contribution >= 0.6 is 0 Å². The average molecular weight is 550 g/mol. The van der Waals surface area contributed by atoms with Crippen LogP contribution in [0.1, 0.15) is 6.42 Å². The molecule has 1 unspecified atom stereocenters. The van der Waals surface area contributed by atoms with E-state index in [-0.39, 0.29) is 11.5 Å². The van der Waals surface area contributed by atoms with Crippen molar-refractivity contribution in [3.63, 3.8) is 0 Å². The van der Waals surface area contributed by atoms with Crippen molar-refractivity contribution in [1.29, 1.82) is 0 Å². The molecule has 12 heteroatoms. The Kier molecular flexibility index (Phi) is 7.23. The van der Waals surface area contributed by atoms with Crippen LogP contribution in [0.15, 0.2) is 82.1 Å². The Morgan fingerprint density at radius 3 is 2.21 bits per heavy atom. The molecular formula is C26H26F3N3O5S. The van der Waals surface area contributed by atoms with E-state index in [9.17, 15) is 22.5 Å². The summed E-state index contributed by atoms with van der Waals surface area (Å²) in [4.78, 5) is 2.15. The number of rotatable bonds is 5. The van der Waals surface area contributed by atoms with E-state index in [2.05, 4.69) is 13.8 Å². The lowest BCUT2D eigenvalue weighted by molar-refractivity contribution is -0.274. The van der Waals surface area contributed by atoms with Gasteiger partial charge in [0.25, 0.3) is 0 Å². The van der Waals surface area contributed by atoms with Gasteiger partial charge < -0.3 is 24.2 Å². The Morgan fingerprint density at radius 2 is 1.63 bits per heavy atom. The normalized spacial score (nSPS) is 22.8. The number of fused-ring (bicyclic) bond motifs is 2. The number of nitrogens with zero attached hydrogens (tertiary/aromatic N) is 2. The van der Waals surface area contributed by atoms with Gasteiger partial charge in [0.1, 0.15) is 15.7 Å². The van der Waals surface area contributed by atoms with Crippen LogP contribution in [-0.2, 0) is 14.7 Å². The van der Waals surface area contributed by atoms with Crippen molar-refractivity contribution >= 4 is 21.3 Å². The number of para-hydroxylation sites is 4. The first-order chi connectivity index (χ1) is 18.2. The molecule has 2 N–H and O–H groups in total. The van der Waals surface area contributed by atoms with Crippen LogP contribution in [0.3, 0.4) is 0 Å². The molecule has 0 amide bonds. The lowest BCUT2D eigenvalue weighted by Gasteiger charge is -2.41. The second-order valence-corrected chi connectivity index (χ2v) is 10.9. The molecule has 0 bridgehead atoms. The van der Waals surface area contributed by atoms with Gasteiger partial charge in [-0.3, -0.25) is 0 Å². The smallest absolute Gasteiger partial charge is 0.453 e. The number of anilines is 2. The van der Waals surface area contributed by atoms with Gasteiger partial charge >= 0.3 is 6.36 Å². The molecule has 2 heterocycles. The van der Waals surface area contributed by atoms with Gasteiger partial charge in [0.2, 0.25) is 0 Å². The molecule has 202 valence electrons. The quantitative estimate of drug-likeness (QED) is 0.465. The van der Waals surface area contributed by atoms with Gasteiger partial charge in [-0.05, 0) is 55.0 Å². The van der Waals surface area contributed by atoms with Crippen molar-refractivity contribution in [3.05, 3.63) is 72.8 Å². The summed E-state index contributed by atoms with van der Waals surface area (Å²) in [5.74, 6) is 0.838. The fourth-order valence-corrected chi connectivity index (χ4v) is 6.26. The van der Waals surface area contributed by atoms with E-state index in [1.807, 2.05) is 53.4 Å². The predicted octanol–water partition coefficient (Wildman–Crippen LogP) is 5.01. The van der Waals surface area contributed by atoms with Crippen LogP contribution in [0.4, 0.5) is 24.5 Å². The Bertz CT molecular complexity index is 1360. The summed E-state index contributed by atoms with van der Waals surface area (Å²) in [6.45, 7) is 0.391. The number of benzene rings is 3.